The van der Waals surface area contributed by atoms with Crippen molar-refractivity contribution in [2.75, 3.05) is 0 Å². The maximum Gasteiger partial charge on any atom is 0.153 e. The Morgan fingerprint density at radius 1 is 0.429 bits per heavy atom. The van der Waals surface area contributed by atoms with Crippen LogP contribution >= 0.6 is 0 Å². The summed E-state index contributed by atoms with van der Waals surface area (Å²) in [4.78, 5) is 4.87. The molecule has 0 amide bonds. The van der Waals surface area contributed by atoms with Gasteiger partial charge in [-0.3, -0.25) is 4.98 Å². The number of ether oxygens (including phenoxy) is 1. The van der Waals surface area contributed by atoms with E-state index in [0.717, 1.165) is 44.5 Å². The highest BCUT2D eigenvalue weighted by Crippen LogP contribution is 2.42. The van der Waals surface area contributed by atoms with E-state index in [9.17, 15) is 0 Å². The molecule has 0 spiro atoms. The predicted molar refractivity (Wildman–Crippen MR) is 174 cm³/mol. The van der Waals surface area contributed by atoms with Gasteiger partial charge in [-0.05, 0) is 56.6 Å². The van der Waals surface area contributed by atoms with Crippen LogP contribution in [0.1, 0.15) is 5.56 Å². The average molecular weight is 540 g/mol. The Hall–Kier alpha value is -5.47. The Bertz CT molecular complexity index is 1930. The average Bonchev–Trinajstić information content (AvgIpc) is 3.08. The largest absolute Gasteiger partial charge is 0.486 e. The molecule has 1 aromatic heterocycles. The topological polar surface area (TPSA) is 22.1 Å². The van der Waals surface area contributed by atoms with Gasteiger partial charge in [-0.1, -0.05) is 146 Å². The number of rotatable bonds is 7. The Labute approximate surface area is 246 Å². The number of pyridine rings is 1. The molecular formula is C40H29NO. The molecule has 42 heavy (non-hydrogen) atoms. The molecule has 2 heteroatoms. The van der Waals surface area contributed by atoms with Gasteiger partial charge in [-0.15, -0.1) is 0 Å². The molecule has 0 N–H and O–H groups in total. The molecule has 0 aliphatic rings. The van der Waals surface area contributed by atoms with E-state index in [1.54, 1.807) is 0 Å². The van der Waals surface area contributed by atoms with Gasteiger partial charge in [0.2, 0.25) is 0 Å². The second-order valence-corrected chi connectivity index (χ2v) is 10.4. The molecule has 0 radical (unpaired) electrons. The molecule has 0 unspecified atom stereocenters. The van der Waals surface area contributed by atoms with Gasteiger partial charge in [0, 0.05) is 17.1 Å². The number of fused-ring (bicyclic) bond motifs is 1. The molecule has 0 atom stereocenters. The third kappa shape index (κ3) is 5.18. The van der Waals surface area contributed by atoms with Crippen molar-refractivity contribution in [2.45, 2.75) is 6.61 Å². The highest BCUT2D eigenvalue weighted by molar-refractivity contribution is 6.03. The van der Waals surface area contributed by atoms with Crippen LogP contribution in [0.2, 0.25) is 0 Å². The monoisotopic (exact) mass is 539 g/mol. The fourth-order valence-electron chi connectivity index (χ4n) is 5.49. The number of aromatic nitrogens is 1. The summed E-state index contributed by atoms with van der Waals surface area (Å²) < 4.78 is 6.61. The first kappa shape index (κ1) is 25.5. The van der Waals surface area contributed by atoms with Crippen molar-refractivity contribution in [3.05, 3.63) is 169 Å². The quantitative estimate of drug-likeness (QED) is 0.201. The molecule has 0 bridgehead atoms. The van der Waals surface area contributed by atoms with E-state index in [4.69, 9.17) is 9.72 Å². The van der Waals surface area contributed by atoms with Crippen molar-refractivity contribution in [1.82, 2.24) is 4.98 Å². The Kier molecular flexibility index (Phi) is 7.02. The third-order valence-corrected chi connectivity index (χ3v) is 7.68. The van der Waals surface area contributed by atoms with Gasteiger partial charge in [-0.25, -0.2) is 0 Å². The molecule has 1 heterocycles. The Morgan fingerprint density at radius 3 is 1.48 bits per heavy atom. The van der Waals surface area contributed by atoms with Crippen molar-refractivity contribution >= 4 is 10.9 Å². The first-order chi connectivity index (χ1) is 20.8. The summed E-state index contributed by atoms with van der Waals surface area (Å²) in [5.74, 6) is 0.798. The minimum atomic E-state index is 0.465. The second-order valence-electron chi connectivity index (χ2n) is 10.4. The summed E-state index contributed by atoms with van der Waals surface area (Å²) in [6, 6.07) is 55.2. The first-order valence-electron chi connectivity index (χ1n) is 14.2. The van der Waals surface area contributed by atoms with Gasteiger partial charge in [0.15, 0.2) is 5.75 Å². The van der Waals surface area contributed by atoms with Gasteiger partial charge in [-0.2, -0.15) is 0 Å². The minimum Gasteiger partial charge on any atom is -0.486 e. The van der Waals surface area contributed by atoms with Crippen LogP contribution in [0.15, 0.2) is 164 Å². The lowest BCUT2D eigenvalue weighted by Gasteiger charge is -2.18. The molecule has 0 aliphatic heterocycles. The maximum absolute atomic E-state index is 6.61. The number of hydrogen-bond acceptors (Lipinski definition) is 2. The fraction of sp³-hybridized carbons (Fsp3) is 0.0250. The first-order valence-corrected chi connectivity index (χ1v) is 14.2. The van der Waals surface area contributed by atoms with E-state index in [1.807, 2.05) is 42.6 Å². The zero-order valence-electron chi connectivity index (χ0n) is 23.2. The standard InChI is InChI=1S/C40H29NO/c1-4-11-29(12-5-1)28-42-40-38(35-24-20-33(21-25-35)31-15-8-3-9-16-31)27-37(36-17-10-26-41-39(36)40)34-22-18-32(19-23-34)30-13-6-2-7-14-30/h1-27H,28H2. The summed E-state index contributed by atoms with van der Waals surface area (Å²) in [7, 11) is 0. The SMILES string of the molecule is c1ccc(COc2c(-c3ccc(-c4ccccc4)cc3)cc(-c3ccc(-c4ccccc4)cc3)c3cccnc23)cc1. The summed E-state index contributed by atoms with van der Waals surface area (Å²) in [6.07, 6.45) is 1.85. The normalized spacial score (nSPS) is 11.0. The van der Waals surface area contributed by atoms with Crippen LogP contribution in [0.5, 0.6) is 5.75 Å². The van der Waals surface area contributed by atoms with E-state index >= 15 is 0 Å². The highest BCUT2D eigenvalue weighted by atomic mass is 16.5. The lowest BCUT2D eigenvalue weighted by Crippen LogP contribution is -2.00. The lowest BCUT2D eigenvalue weighted by molar-refractivity contribution is 0.310. The van der Waals surface area contributed by atoms with Crippen molar-refractivity contribution in [3.8, 4) is 50.3 Å². The molecule has 0 saturated heterocycles. The number of nitrogens with zero attached hydrogens (tertiary/aromatic N) is 1. The van der Waals surface area contributed by atoms with Gasteiger partial charge in [0.1, 0.15) is 12.1 Å². The van der Waals surface area contributed by atoms with Crippen molar-refractivity contribution in [3.63, 3.8) is 0 Å². The number of hydrogen-bond donors (Lipinski definition) is 0. The van der Waals surface area contributed by atoms with Gasteiger partial charge in [0.25, 0.3) is 0 Å². The van der Waals surface area contributed by atoms with Crippen LogP contribution in [0.4, 0.5) is 0 Å². The van der Waals surface area contributed by atoms with Crippen LogP contribution in [-0.4, -0.2) is 4.98 Å². The van der Waals surface area contributed by atoms with Crippen LogP contribution in [-0.2, 0) is 6.61 Å². The molecule has 0 fully saturated rings. The third-order valence-electron chi connectivity index (χ3n) is 7.68. The van der Waals surface area contributed by atoms with Crippen LogP contribution < -0.4 is 4.74 Å². The van der Waals surface area contributed by atoms with Crippen LogP contribution in [0, 0.1) is 0 Å². The lowest BCUT2D eigenvalue weighted by atomic mass is 9.92. The number of benzene rings is 6. The van der Waals surface area contributed by atoms with E-state index in [1.165, 1.54) is 22.3 Å². The summed E-state index contributed by atoms with van der Waals surface area (Å²) >= 11 is 0. The second kappa shape index (κ2) is 11.6. The van der Waals surface area contributed by atoms with Gasteiger partial charge < -0.3 is 4.74 Å². The fourth-order valence-corrected chi connectivity index (χ4v) is 5.49. The zero-order valence-corrected chi connectivity index (χ0v) is 23.2. The molecule has 0 aliphatic carbocycles. The summed E-state index contributed by atoms with van der Waals surface area (Å²) in [6.45, 7) is 0.465. The summed E-state index contributed by atoms with van der Waals surface area (Å²) in [5, 5.41) is 1.07. The molecule has 6 aromatic carbocycles. The Morgan fingerprint density at radius 2 is 0.905 bits per heavy atom. The predicted octanol–water partition coefficient (Wildman–Crippen LogP) is 10.5. The van der Waals surface area contributed by atoms with E-state index in [0.29, 0.717) is 6.61 Å². The van der Waals surface area contributed by atoms with Crippen LogP contribution in [0.25, 0.3) is 55.4 Å². The molecule has 7 aromatic rings. The molecular weight excluding hydrogens is 510 g/mol. The van der Waals surface area contributed by atoms with Crippen molar-refractivity contribution in [1.29, 1.82) is 0 Å². The maximum atomic E-state index is 6.61. The van der Waals surface area contributed by atoms with Crippen LogP contribution in [0.3, 0.4) is 0 Å². The minimum absolute atomic E-state index is 0.465. The van der Waals surface area contributed by atoms with Crippen molar-refractivity contribution < 1.29 is 4.74 Å². The van der Waals surface area contributed by atoms with E-state index in [-0.39, 0.29) is 0 Å². The molecule has 7 rings (SSSR count). The van der Waals surface area contributed by atoms with Gasteiger partial charge >= 0.3 is 0 Å². The Balaban J connectivity index is 1.36. The smallest absolute Gasteiger partial charge is 0.153 e. The zero-order chi connectivity index (χ0) is 28.1. The highest BCUT2D eigenvalue weighted by Gasteiger charge is 2.18. The van der Waals surface area contributed by atoms with E-state index < -0.39 is 0 Å². The van der Waals surface area contributed by atoms with E-state index in [2.05, 4.69) is 121 Å². The van der Waals surface area contributed by atoms with Gasteiger partial charge in [0.05, 0.1) is 0 Å². The van der Waals surface area contributed by atoms with Crippen molar-refractivity contribution in [2.24, 2.45) is 0 Å². The molecule has 2 nitrogen and oxygen atoms in total. The molecule has 200 valence electrons. The summed E-state index contributed by atoms with van der Waals surface area (Å²) in [5.41, 5.74) is 11.2. The molecule has 0 saturated carbocycles.